The number of fused-ring (bicyclic) bond motifs is 8. The largest absolute Gasteiger partial charge is 0.493 e. The van der Waals surface area contributed by atoms with Crippen molar-refractivity contribution < 1.29 is 56.2 Å². The number of rotatable bonds is 18. The Hall–Kier alpha value is -5.90. The SMILES string of the molecule is CCC1CN2CCc3cc(CO)c(CO)cc3C2CC1CC1c2cc(OC)c(OC)cc2CCN1S(=O)(=O)c1ccc(C)cc1.CCC1CN2CCc3cc(CO)c(CO)cc3C2CC1CC1c2cc(OC)c(OC)cc2CCN1S(=O)(=O)c1ccccc1. The minimum absolute atomic E-state index is 0.0842. The van der Waals surface area contributed by atoms with E-state index in [-0.39, 0.29) is 62.4 Å². The van der Waals surface area contributed by atoms with Gasteiger partial charge in [-0.2, -0.15) is 8.61 Å². The van der Waals surface area contributed by atoms with Gasteiger partial charge in [-0.05, 0) is 197 Å². The van der Waals surface area contributed by atoms with E-state index in [4.69, 9.17) is 18.9 Å². The van der Waals surface area contributed by atoms with Crippen LogP contribution in [-0.4, -0.2) is 123 Å². The summed E-state index contributed by atoms with van der Waals surface area (Å²) < 4.78 is 83.2. The smallest absolute Gasteiger partial charge is 0.243 e. The Morgan fingerprint density at radius 3 is 1.18 bits per heavy atom. The van der Waals surface area contributed by atoms with Gasteiger partial charge in [0.1, 0.15) is 0 Å². The maximum atomic E-state index is 14.3. The lowest BCUT2D eigenvalue weighted by Crippen LogP contribution is -2.47. The van der Waals surface area contributed by atoms with E-state index < -0.39 is 20.0 Å². The van der Waals surface area contributed by atoms with Gasteiger partial charge in [0.25, 0.3) is 0 Å². The number of hydrogen-bond donors (Lipinski definition) is 4. The zero-order chi connectivity index (χ0) is 62.9. The summed E-state index contributed by atoms with van der Waals surface area (Å²) in [6.45, 7) is 10.7. The molecule has 8 unspecified atom stereocenters. The van der Waals surface area contributed by atoms with Gasteiger partial charge in [0.05, 0.1) is 76.7 Å². The van der Waals surface area contributed by atoms with E-state index in [1.54, 1.807) is 73.4 Å². The number of benzene rings is 6. The Bertz CT molecular complexity index is 3720. The van der Waals surface area contributed by atoms with Crippen LogP contribution in [0.25, 0.3) is 0 Å². The third kappa shape index (κ3) is 12.6. The molecule has 0 bridgehead atoms. The Balaban J connectivity index is 0.000000184. The van der Waals surface area contributed by atoms with Crippen LogP contribution in [0.2, 0.25) is 0 Å². The molecule has 12 rings (SSSR count). The molecule has 6 aromatic rings. The molecule has 6 aliphatic rings. The molecule has 0 aromatic heterocycles. The zero-order valence-corrected chi connectivity index (χ0v) is 54.4. The van der Waals surface area contributed by atoms with Crippen molar-refractivity contribution in [3.05, 3.63) is 175 Å². The van der Waals surface area contributed by atoms with Crippen molar-refractivity contribution in [3.8, 4) is 23.0 Å². The number of hydrogen-bond acceptors (Lipinski definition) is 14. The third-order valence-corrected chi connectivity index (χ3v) is 24.7. The van der Waals surface area contributed by atoms with Crippen LogP contribution in [0.4, 0.5) is 0 Å². The standard InChI is InChI=1S/C36H46N2O6S.C35H44N2O6S/c1-5-24-20-37-12-10-25-14-28(21-39)29(22-40)15-31(25)33(37)16-27(24)17-34-32-19-36(44-4)35(43-3)18-26(32)11-13-38(34)45(41,42)30-8-6-23(2)7-9-30;1-4-23-20-36-12-10-24-14-27(21-38)28(22-39)15-30(24)32(36)16-26(23)17-33-31-19-35(43-3)34(42-2)18-25(31)11-13-37(33)44(40,41)29-8-6-5-7-9-29/h6-9,14-15,18-19,24,27,33-34,39-40H,5,10-13,16-17,20-22H2,1-4H3;5-9,14-15,18-19,23,26,32-33,38-39H,4,10-13,16-17,20-22H2,1-3H3. The van der Waals surface area contributed by atoms with Gasteiger partial charge in [-0.1, -0.05) is 86.8 Å². The Labute approximate surface area is 527 Å². The fourth-order valence-corrected chi connectivity index (χ4v) is 19.2. The summed E-state index contributed by atoms with van der Waals surface area (Å²) in [6, 6.07) is 32.0. The fourth-order valence-electron chi connectivity index (χ4n) is 16.0. The lowest BCUT2D eigenvalue weighted by Gasteiger charge is -2.49. The average molecular weight is 1260 g/mol. The highest BCUT2D eigenvalue weighted by molar-refractivity contribution is 7.89. The van der Waals surface area contributed by atoms with E-state index in [1.807, 2.05) is 49.4 Å². The van der Waals surface area contributed by atoms with Gasteiger partial charge in [-0.25, -0.2) is 16.8 Å². The second-order valence-corrected chi connectivity index (χ2v) is 29.1. The van der Waals surface area contributed by atoms with Crippen LogP contribution in [0.3, 0.4) is 0 Å². The summed E-state index contributed by atoms with van der Waals surface area (Å²) in [7, 11) is -1.03. The summed E-state index contributed by atoms with van der Waals surface area (Å²) >= 11 is 0. The van der Waals surface area contributed by atoms with Crippen LogP contribution < -0.4 is 18.9 Å². The molecule has 0 saturated carbocycles. The molecule has 2 fully saturated rings. The van der Waals surface area contributed by atoms with E-state index in [2.05, 4.69) is 47.9 Å². The molecule has 16 nitrogen and oxygen atoms in total. The van der Waals surface area contributed by atoms with Gasteiger partial charge >= 0.3 is 0 Å². The quantitative estimate of drug-likeness (QED) is 0.0634. The molecule has 0 radical (unpaired) electrons. The van der Waals surface area contributed by atoms with Crippen LogP contribution in [0.15, 0.2) is 113 Å². The van der Waals surface area contributed by atoms with Crippen LogP contribution in [0.1, 0.15) is 149 Å². The highest BCUT2D eigenvalue weighted by Crippen LogP contribution is 2.52. The molecule has 0 amide bonds. The minimum atomic E-state index is -3.77. The maximum absolute atomic E-state index is 14.3. The van der Waals surface area contributed by atoms with Crippen LogP contribution in [-0.2, 0) is 72.2 Å². The molecule has 0 aliphatic carbocycles. The number of piperidine rings is 2. The fraction of sp³-hybridized carbons (Fsp3) is 0.493. The number of aliphatic hydroxyl groups is 4. The zero-order valence-electron chi connectivity index (χ0n) is 52.7. The molecule has 478 valence electrons. The molecular formula is C71H90N4O12S2. The summed E-state index contributed by atoms with van der Waals surface area (Å²) in [6.07, 6.45) is 8.30. The normalized spacial score (nSPS) is 23.7. The third-order valence-electron chi connectivity index (χ3n) is 20.8. The molecule has 6 aliphatic heterocycles. The highest BCUT2D eigenvalue weighted by Gasteiger charge is 2.46. The van der Waals surface area contributed by atoms with Crippen molar-refractivity contribution in [3.63, 3.8) is 0 Å². The summed E-state index contributed by atoms with van der Waals surface area (Å²) in [4.78, 5) is 5.79. The first kappa shape index (κ1) is 64.6. The number of sulfonamides is 2. The Morgan fingerprint density at radius 1 is 0.438 bits per heavy atom. The van der Waals surface area contributed by atoms with E-state index in [0.717, 1.165) is 115 Å². The number of ether oxygens (including phenoxy) is 4. The van der Waals surface area contributed by atoms with Crippen LogP contribution >= 0.6 is 0 Å². The van der Waals surface area contributed by atoms with Gasteiger partial charge in [0.2, 0.25) is 20.0 Å². The molecule has 8 atom stereocenters. The number of aryl methyl sites for hydroxylation is 1. The van der Waals surface area contributed by atoms with Crippen molar-refractivity contribution in [1.82, 2.24) is 18.4 Å². The molecule has 6 aromatic carbocycles. The van der Waals surface area contributed by atoms with Crippen molar-refractivity contribution in [2.75, 3.05) is 67.7 Å². The Kier molecular flexibility index (Phi) is 20.0. The van der Waals surface area contributed by atoms with Gasteiger partial charge in [0.15, 0.2) is 23.0 Å². The first-order valence-electron chi connectivity index (χ1n) is 31.9. The molecule has 6 heterocycles. The van der Waals surface area contributed by atoms with Crippen molar-refractivity contribution >= 4 is 20.0 Å². The van der Waals surface area contributed by atoms with Crippen LogP contribution in [0.5, 0.6) is 23.0 Å². The molecule has 0 spiro atoms. The summed E-state index contributed by atoms with van der Waals surface area (Å²) in [5.41, 5.74) is 13.3. The molecular weight excluding hydrogens is 1160 g/mol. The van der Waals surface area contributed by atoms with Crippen molar-refractivity contribution in [2.24, 2.45) is 23.7 Å². The van der Waals surface area contributed by atoms with Crippen molar-refractivity contribution in [2.45, 2.75) is 145 Å². The lowest BCUT2D eigenvalue weighted by molar-refractivity contribution is 0.0386. The molecule has 18 heteroatoms. The summed E-state index contributed by atoms with van der Waals surface area (Å²) in [5, 5.41) is 40.0. The topological polar surface area (TPSA) is 199 Å². The van der Waals surface area contributed by atoms with E-state index >= 15 is 0 Å². The van der Waals surface area contributed by atoms with E-state index in [0.29, 0.717) is 83.4 Å². The minimum Gasteiger partial charge on any atom is -0.493 e. The predicted octanol–water partition coefficient (Wildman–Crippen LogP) is 10.3. The first-order chi connectivity index (χ1) is 43.0. The number of methoxy groups -OCH3 is 4. The monoisotopic (exact) mass is 1250 g/mol. The van der Waals surface area contributed by atoms with Gasteiger partial charge in [-0.15, -0.1) is 0 Å². The summed E-state index contributed by atoms with van der Waals surface area (Å²) in [5.74, 6) is 3.93. The predicted molar refractivity (Wildman–Crippen MR) is 343 cm³/mol. The van der Waals surface area contributed by atoms with E-state index in [9.17, 15) is 37.3 Å². The van der Waals surface area contributed by atoms with E-state index in [1.165, 1.54) is 22.3 Å². The highest BCUT2D eigenvalue weighted by atomic mass is 32.2. The second kappa shape index (κ2) is 27.5. The number of aliphatic hydroxyl groups excluding tert-OH is 4. The van der Waals surface area contributed by atoms with Gasteiger partial charge < -0.3 is 39.4 Å². The Morgan fingerprint density at radius 2 is 0.798 bits per heavy atom. The first-order valence-corrected chi connectivity index (χ1v) is 34.8. The average Bonchev–Trinajstić information content (AvgIpc) is 0.864. The second-order valence-electron chi connectivity index (χ2n) is 25.3. The van der Waals surface area contributed by atoms with Gasteiger partial charge in [-0.3, -0.25) is 9.80 Å². The molecule has 2 saturated heterocycles. The number of nitrogens with zero attached hydrogens (tertiary/aromatic N) is 4. The molecule has 4 N–H and O–H groups in total. The lowest BCUT2D eigenvalue weighted by atomic mass is 9.72. The maximum Gasteiger partial charge on any atom is 0.243 e. The van der Waals surface area contributed by atoms with Crippen LogP contribution in [0, 0.1) is 30.6 Å². The van der Waals surface area contributed by atoms with Crippen molar-refractivity contribution in [1.29, 1.82) is 0 Å². The van der Waals surface area contributed by atoms with Gasteiger partial charge in [0, 0.05) is 51.4 Å². The molecule has 89 heavy (non-hydrogen) atoms.